The Hall–Kier alpha value is -1.84. The lowest BCUT2D eigenvalue weighted by Crippen LogP contribution is -1.97. The average Bonchev–Trinajstić information content (AvgIpc) is 2.24. The van der Waals surface area contributed by atoms with E-state index in [1.165, 1.54) is 24.3 Å². The first-order chi connectivity index (χ1) is 7.63. The van der Waals surface area contributed by atoms with Crippen LogP contribution in [0.4, 0.5) is 4.39 Å². The molecule has 0 saturated heterocycles. The molecule has 0 heterocycles. The van der Waals surface area contributed by atoms with Gasteiger partial charge in [-0.05, 0) is 24.6 Å². The zero-order chi connectivity index (χ0) is 12.0. The summed E-state index contributed by atoms with van der Waals surface area (Å²) in [5, 5.41) is 8.49. The first-order valence-electron chi connectivity index (χ1n) is 4.97. The fraction of sp³-hybridized carbons (Fsp3) is 0.250. The van der Waals surface area contributed by atoms with Gasteiger partial charge in [0, 0.05) is 17.7 Å². The summed E-state index contributed by atoms with van der Waals surface area (Å²) in [4.78, 5) is 10.4. The van der Waals surface area contributed by atoms with Crippen molar-refractivity contribution in [1.82, 2.24) is 0 Å². The minimum atomic E-state index is -1.05. The van der Waals surface area contributed by atoms with Gasteiger partial charge in [-0.15, -0.1) is 0 Å². The predicted molar refractivity (Wildman–Crippen MR) is 58.9 cm³/mol. The lowest BCUT2D eigenvalue weighted by atomic mass is 10.2. The van der Waals surface area contributed by atoms with E-state index >= 15 is 0 Å². The van der Waals surface area contributed by atoms with E-state index in [9.17, 15) is 9.18 Å². The zero-order valence-corrected chi connectivity index (χ0v) is 8.94. The SMILES string of the molecule is CCCOc1cc(F)ccc1C=CC(=O)O. The molecule has 1 aromatic rings. The van der Waals surface area contributed by atoms with Crippen LogP contribution in [-0.2, 0) is 4.79 Å². The van der Waals surface area contributed by atoms with Crippen molar-refractivity contribution in [3.05, 3.63) is 35.7 Å². The third-order valence-electron chi connectivity index (χ3n) is 1.84. The highest BCUT2D eigenvalue weighted by atomic mass is 19.1. The van der Waals surface area contributed by atoms with Crippen molar-refractivity contribution in [3.8, 4) is 5.75 Å². The van der Waals surface area contributed by atoms with Crippen molar-refractivity contribution in [2.24, 2.45) is 0 Å². The number of aliphatic carboxylic acids is 1. The molecule has 0 radical (unpaired) electrons. The topological polar surface area (TPSA) is 46.5 Å². The Morgan fingerprint density at radius 2 is 2.31 bits per heavy atom. The summed E-state index contributed by atoms with van der Waals surface area (Å²) in [5.41, 5.74) is 0.553. The standard InChI is InChI=1S/C12H13FO3/c1-2-7-16-11-8-10(13)5-3-9(11)4-6-12(14)15/h3-6,8H,2,7H2,1H3,(H,14,15). The normalized spacial score (nSPS) is 10.6. The highest BCUT2D eigenvalue weighted by molar-refractivity contribution is 5.85. The third-order valence-corrected chi connectivity index (χ3v) is 1.84. The molecule has 0 aliphatic heterocycles. The van der Waals surface area contributed by atoms with Gasteiger partial charge in [0.1, 0.15) is 11.6 Å². The molecule has 0 aromatic heterocycles. The number of hydrogen-bond donors (Lipinski definition) is 1. The molecule has 0 amide bonds. The minimum Gasteiger partial charge on any atom is -0.493 e. The smallest absolute Gasteiger partial charge is 0.328 e. The second-order valence-electron chi connectivity index (χ2n) is 3.20. The van der Waals surface area contributed by atoms with E-state index in [-0.39, 0.29) is 0 Å². The molecule has 0 bridgehead atoms. The quantitative estimate of drug-likeness (QED) is 0.782. The van der Waals surface area contributed by atoms with Gasteiger partial charge in [0.2, 0.25) is 0 Å². The average molecular weight is 224 g/mol. The number of ether oxygens (including phenoxy) is 1. The highest BCUT2D eigenvalue weighted by Crippen LogP contribution is 2.21. The molecule has 4 heteroatoms. The Bertz CT molecular complexity index is 399. The lowest BCUT2D eigenvalue weighted by Gasteiger charge is -2.07. The Morgan fingerprint density at radius 3 is 2.94 bits per heavy atom. The number of carboxylic acid groups (broad SMARTS) is 1. The molecular weight excluding hydrogens is 211 g/mol. The fourth-order valence-electron chi connectivity index (χ4n) is 1.14. The Kier molecular flexibility index (Phi) is 4.51. The van der Waals surface area contributed by atoms with Gasteiger partial charge in [-0.3, -0.25) is 0 Å². The van der Waals surface area contributed by atoms with Gasteiger partial charge in [-0.1, -0.05) is 6.92 Å². The number of benzene rings is 1. The molecule has 3 nitrogen and oxygen atoms in total. The second-order valence-corrected chi connectivity index (χ2v) is 3.20. The molecule has 0 atom stereocenters. The zero-order valence-electron chi connectivity index (χ0n) is 8.94. The van der Waals surface area contributed by atoms with Crippen molar-refractivity contribution in [2.75, 3.05) is 6.61 Å². The van der Waals surface area contributed by atoms with Crippen molar-refractivity contribution >= 4 is 12.0 Å². The van der Waals surface area contributed by atoms with Gasteiger partial charge in [-0.2, -0.15) is 0 Å². The van der Waals surface area contributed by atoms with Gasteiger partial charge >= 0.3 is 5.97 Å². The lowest BCUT2D eigenvalue weighted by molar-refractivity contribution is -0.131. The summed E-state index contributed by atoms with van der Waals surface area (Å²) in [5.74, 6) is -1.09. The monoisotopic (exact) mass is 224 g/mol. The van der Waals surface area contributed by atoms with Crippen molar-refractivity contribution in [1.29, 1.82) is 0 Å². The molecule has 0 aliphatic rings. The highest BCUT2D eigenvalue weighted by Gasteiger charge is 2.03. The summed E-state index contributed by atoms with van der Waals surface area (Å²) in [6.07, 6.45) is 3.18. The minimum absolute atomic E-state index is 0.361. The second kappa shape index (κ2) is 5.90. The first-order valence-corrected chi connectivity index (χ1v) is 4.97. The molecule has 0 spiro atoms. The van der Waals surface area contributed by atoms with Crippen molar-refractivity contribution in [2.45, 2.75) is 13.3 Å². The van der Waals surface area contributed by atoms with Gasteiger partial charge < -0.3 is 9.84 Å². The predicted octanol–water partition coefficient (Wildman–Crippen LogP) is 2.71. The summed E-state index contributed by atoms with van der Waals surface area (Å²) < 4.78 is 18.3. The molecule has 1 N–H and O–H groups in total. The van der Waals surface area contributed by atoms with Gasteiger partial charge in [0.05, 0.1) is 6.61 Å². The van der Waals surface area contributed by atoms with Crippen molar-refractivity contribution < 1.29 is 19.0 Å². The van der Waals surface area contributed by atoms with Crippen LogP contribution >= 0.6 is 0 Å². The largest absolute Gasteiger partial charge is 0.493 e. The molecule has 0 fully saturated rings. The maximum absolute atomic E-state index is 13.0. The van der Waals surface area contributed by atoms with E-state index in [1.54, 1.807) is 0 Å². The molecule has 1 rings (SSSR count). The molecule has 16 heavy (non-hydrogen) atoms. The van der Waals surface area contributed by atoms with E-state index in [2.05, 4.69) is 0 Å². The Morgan fingerprint density at radius 1 is 1.56 bits per heavy atom. The molecule has 86 valence electrons. The number of carbonyl (C=O) groups is 1. The first kappa shape index (κ1) is 12.2. The maximum Gasteiger partial charge on any atom is 0.328 e. The fourth-order valence-corrected chi connectivity index (χ4v) is 1.14. The van der Waals surface area contributed by atoms with Crippen LogP contribution in [-0.4, -0.2) is 17.7 Å². The summed E-state index contributed by atoms with van der Waals surface area (Å²) in [7, 11) is 0. The van der Waals surface area contributed by atoms with Gasteiger partial charge in [0.25, 0.3) is 0 Å². The molecular formula is C12H13FO3. The molecule has 0 unspecified atom stereocenters. The van der Waals surface area contributed by atoms with Crippen LogP contribution < -0.4 is 4.74 Å². The van der Waals surface area contributed by atoms with Crippen LogP contribution in [0.5, 0.6) is 5.75 Å². The van der Waals surface area contributed by atoms with Gasteiger partial charge in [0.15, 0.2) is 0 Å². The molecule has 1 aromatic carbocycles. The van der Waals surface area contributed by atoms with Crippen molar-refractivity contribution in [3.63, 3.8) is 0 Å². The van der Waals surface area contributed by atoms with Crippen LogP contribution in [0.2, 0.25) is 0 Å². The number of rotatable bonds is 5. The molecule has 0 aliphatic carbocycles. The summed E-state index contributed by atoms with van der Waals surface area (Å²) >= 11 is 0. The van der Waals surface area contributed by atoms with Crippen LogP contribution in [0, 0.1) is 5.82 Å². The third kappa shape index (κ3) is 3.73. The van der Waals surface area contributed by atoms with E-state index in [0.29, 0.717) is 17.9 Å². The number of hydrogen-bond acceptors (Lipinski definition) is 2. The Balaban J connectivity index is 2.92. The van der Waals surface area contributed by atoms with E-state index in [4.69, 9.17) is 9.84 Å². The van der Waals surface area contributed by atoms with E-state index < -0.39 is 11.8 Å². The number of halogens is 1. The summed E-state index contributed by atoms with van der Waals surface area (Å²) in [6.45, 7) is 2.41. The van der Waals surface area contributed by atoms with Crippen LogP contribution in [0.25, 0.3) is 6.08 Å². The number of carboxylic acids is 1. The molecule has 0 saturated carbocycles. The Labute approximate surface area is 93.2 Å². The van der Waals surface area contributed by atoms with E-state index in [0.717, 1.165) is 12.5 Å². The van der Waals surface area contributed by atoms with Crippen LogP contribution in [0.3, 0.4) is 0 Å². The maximum atomic E-state index is 13.0. The van der Waals surface area contributed by atoms with E-state index in [1.807, 2.05) is 6.92 Å². The van der Waals surface area contributed by atoms with Crippen LogP contribution in [0.15, 0.2) is 24.3 Å². The van der Waals surface area contributed by atoms with Gasteiger partial charge in [-0.25, -0.2) is 9.18 Å². The summed E-state index contributed by atoms with van der Waals surface area (Å²) in [6, 6.07) is 4.00. The van der Waals surface area contributed by atoms with Crippen LogP contribution in [0.1, 0.15) is 18.9 Å².